The van der Waals surface area contributed by atoms with Crippen molar-refractivity contribution in [3.63, 3.8) is 0 Å². The minimum atomic E-state index is 0.316. The topological polar surface area (TPSA) is 24.4 Å². The van der Waals surface area contributed by atoms with E-state index in [0.717, 1.165) is 23.9 Å². The molecule has 0 amide bonds. The minimum Gasteiger partial charge on any atom is -0.371 e. The molecule has 3 heteroatoms. The Balaban J connectivity index is 2.22. The third-order valence-corrected chi connectivity index (χ3v) is 2.69. The molecule has 2 nitrogen and oxygen atoms in total. The zero-order chi connectivity index (χ0) is 9.97. The predicted molar refractivity (Wildman–Crippen MR) is 60.2 cm³/mol. The van der Waals surface area contributed by atoms with Crippen molar-refractivity contribution in [1.29, 1.82) is 0 Å². The third kappa shape index (κ3) is 1.90. The average molecular weight is 209 g/mol. The van der Waals surface area contributed by atoms with Crippen LogP contribution < -0.4 is 5.32 Å². The van der Waals surface area contributed by atoms with Crippen molar-refractivity contribution in [2.24, 2.45) is 4.99 Å². The number of hydrogen-bond acceptors (Lipinski definition) is 2. The van der Waals surface area contributed by atoms with Crippen LogP contribution in [0.3, 0.4) is 0 Å². The fourth-order valence-corrected chi connectivity index (χ4v) is 1.84. The highest BCUT2D eigenvalue weighted by Gasteiger charge is 2.15. The van der Waals surface area contributed by atoms with Gasteiger partial charge in [0, 0.05) is 17.5 Å². The van der Waals surface area contributed by atoms with Gasteiger partial charge >= 0.3 is 0 Å². The van der Waals surface area contributed by atoms with Gasteiger partial charge in [0.2, 0.25) is 0 Å². The first-order valence-electron chi connectivity index (χ1n) is 4.81. The normalized spacial score (nSPS) is 17.4. The summed E-state index contributed by atoms with van der Waals surface area (Å²) in [7, 11) is 0. The van der Waals surface area contributed by atoms with E-state index in [0.29, 0.717) is 5.92 Å². The maximum atomic E-state index is 5.94. The Labute approximate surface area is 89.0 Å². The Morgan fingerprint density at radius 2 is 2.36 bits per heavy atom. The SMILES string of the molecule is CC(C1=NCCN1)c1cccc(Cl)c1. The van der Waals surface area contributed by atoms with Crippen LogP contribution in [0.5, 0.6) is 0 Å². The maximum Gasteiger partial charge on any atom is 0.104 e. The summed E-state index contributed by atoms with van der Waals surface area (Å²) in [4.78, 5) is 4.40. The molecule has 1 aliphatic heterocycles. The summed E-state index contributed by atoms with van der Waals surface area (Å²) in [5, 5.41) is 4.07. The molecule has 74 valence electrons. The second-order valence-corrected chi connectivity index (χ2v) is 3.91. The number of nitrogens with zero attached hydrogens (tertiary/aromatic N) is 1. The summed E-state index contributed by atoms with van der Waals surface area (Å²) in [6.45, 7) is 3.99. The molecule has 0 radical (unpaired) electrons. The molecule has 0 saturated heterocycles. The quantitative estimate of drug-likeness (QED) is 0.794. The third-order valence-electron chi connectivity index (χ3n) is 2.46. The molecule has 0 spiro atoms. The van der Waals surface area contributed by atoms with Crippen molar-refractivity contribution in [1.82, 2.24) is 5.32 Å². The first-order valence-corrected chi connectivity index (χ1v) is 5.19. The molecule has 1 heterocycles. The second-order valence-electron chi connectivity index (χ2n) is 3.47. The van der Waals surface area contributed by atoms with E-state index >= 15 is 0 Å². The Bertz CT molecular complexity index is 360. The molecule has 1 aromatic carbocycles. The van der Waals surface area contributed by atoms with Crippen LogP contribution in [0.1, 0.15) is 18.4 Å². The summed E-state index contributed by atoms with van der Waals surface area (Å²) in [5.74, 6) is 1.39. The molecular weight excluding hydrogens is 196 g/mol. The van der Waals surface area contributed by atoms with Crippen molar-refractivity contribution >= 4 is 17.4 Å². The van der Waals surface area contributed by atoms with Gasteiger partial charge in [-0.2, -0.15) is 0 Å². The Morgan fingerprint density at radius 1 is 1.50 bits per heavy atom. The van der Waals surface area contributed by atoms with Crippen LogP contribution in [0.25, 0.3) is 0 Å². The first kappa shape index (κ1) is 9.53. The van der Waals surface area contributed by atoms with Gasteiger partial charge in [0.15, 0.2) is 0 Å². The van der Waals surface area contributed by atoms with Gasteiger partial charge in [-0.05, 0) is 17.7 Å². The number of aliphatic imine (C=N–C) groups is 1. The predicted octanol–water partition coefficient (Wildman–Crippen LogP) is 2.45. The lowest BCUT2D eigenvalue weighted by molar-refractivity contribution is 0.919. The fraction of sp³-hybridized carbons (Fsp3) is 0.364. The summed E-state index contributed by atoms with van der Waals surface area (Å²) in [6.07, 6.45) is 0. The molecule has 1 aliphatic rings. The lowest BCUT2D eigenvalue weighted by Gasteiger charge is -2.12. The highest BCUT2D eigenvalue weighted by molar-refractivity contribution is 6.30. The molecule has 0 aromatic heterocycles. The van der Waals surface area contributed by atoms with E-state index in [4.69, 9.17) is 11.6 Å². The molecular formula is C11H13ClN2. The van der Waals surface area contributed by atoms with Crippen LogP contribution in [0.4, 0.5) is 0 Å². The highest BCUT2D eigenvalue weighted by Crippen LogP contribution is 2.20. The first-order chi connectivity index (χ1) is 6.77. The van der Waals surface area contributed by atoms with Gasteiger partial charge in [-0.3, -0.25) is 4.99 Å². The molecule has 1 unspecified atom stereocenters. The standard InChI is InChI=1S/C11H13ClN2/c1-8(11-13-5-6-14-11)9-3-2-4-10(12)7-9/h2-4,7-8H,5-6H2,1H3,(H,13,14). The van der Waals surface area contributed by atoms with E-state index in [2.05, 4.69) is 23.3 Å². The molecule has 2 rings (SSSR count). The van der Waals surface area contributed by atoms with Gasteiger partial charge in [-0.1, -0.05) is 30.7 Å². The fourth-order valence-electron chi connectivity index (χ4n) is 1.64. The van der Waals surface area contributed by atoms with E-state index in [1.54, 1.807) is 0 Å². The van der Waals surface area contributed by atoms with E-state index in [-0.39, 0.29) is 0 Å². The summed E-state index contributed by atoms with van der Waals surface area (Å²) in [6, 6.07) is 7.94. The number of amidine groups is 1. The molecule has 0 aliphatic carbocycles. The van der Waals surface area contributed by atoms with Crippen molar-refractivity contribution in [2.45, 2.75) is 12.8 Å². The molecule has 0 saturated carbocycles. The number of benzene rings is 1. The van der Waals surface area contributed by atoms with E-state index in [9.17, 15) is 0 Å². The second kappa shape index (κ2) is 4.01. The Hall–Kier alpha value is -1.02. The smallest absolute Gasteiger partial charge is 0.104 e. The Kier molecular flexibility index (Phi) is 2.73. The number of hydrogen-bond donors (Lipinski definition) is 1. The highest BCUT2D eigenvalue weighted by atomic mass is 35.5. The van der Waals surface area contributed by atoms with Gasteiger partial charge < -0.3 is 5.32 Å². The zero-order valence-corrected chi connectivity index (χ0v) is 8.88. The molecule has 0 fully saturated rings. The maximum absolute atomic E-state index is 5.94. The van der Waals surface area contributed by atoms with E-state index in [1.165, 1.54) is 5.56 Å². The molecule has 0 bridgehead atoms. The van der Waals surface area contributed by atoms with Gasteiger partial charge in [0.1, 0.15) is 5.84 Å². The average Bonchev–Trinajstić information content (AvgIpc) is 2.69. The van der Waals surface area contributed by atoms with Gasteiger partial charge in [-0.25, -0.2) is 0 Å². The van der Waals surface area contributed by atoms with Crippen LogP contribution in [-0.2, 0) is 0 Å². The van der Waals surface area contributed by atoms with E-state index < -0.39 is 0 Å². The lowest BCUT2D eigenvalue weighted by Crippen LogP contribution is -2.23. The summed E-state index contributed by atoms with van der Waals surface area (Å²) >= 11 is 5.94. The van der Waals surface area contributed by atoms with Crippen molar-refractivity contribution < 1.29 is 0 Å². The minimum absolute atomic E-state index is 0.316. The van der Waals surface area contributed by atoms with Crippen molar-refractivity contribution in [3.05, 3.63) is 34.9 Å². The lowest BCUT2D eigenvalue weighted by atomic mass is 10.0. The summed E-state index contributed by atoms with van der Waals surface area (Å²) in [5.41, 5.74) is 1.21. The van der Waals surface area contributed by atoms with Crippen LogP contribution in [-0.4, -0.2) is 18.9 Å². The van der Waals surface area contributed by atoms with Crippen LogP contribution >= 0.6 is 11.6 Å². The molecule has 1 N–H and O–H groups in total. The molecule has 1 aromatic rings. The molecule has 1 atom stereocenters. The monoisotopic (exact) mass is 208 g/mol. The number of nitrogens with one attached hydrogen (secondary N) is 1. The van der Waals surface area contributed by atoms with Gasteiger partial charge in [-0.15, -0.1) is 0 Å². The van der Waals surface area contributed by atoms with Crippen molar-refractivity contribution in [3.8, 4) is 0 Å². The van der Waals surface area contributed by atoms with Crippen LogP contribution in [0, 0.1) is 0 Å². The molecule has 14 heavy (non-hydrogen) atoms. The van der Waals surface area contributed by atoms with Gasteiger partial charge in [0.05, 0.1) is 6.54 Å². The Morgan fingerprint density at radius 3 is 3.00 bits per heavy atom. The number of rotatable bonds is 2. The van der Waals surface area contributed by atoms with Gasteiger partial charge in [0.25, 0.3) is 0 Å². The largest absolute Gasteiger partial charge is 0.371 e. The summed E-state index contributed by atoms with van der Waals surface area (Å²) < 4.78 is 0. The van der Waals surface area contributed by atoms with Crippen LogP contribution in [0.15, 0.2) is 29.3 Å². The van der Waals surface area contributed by atoms with Crippen molar-refractivity contribution in [2.75, 3.05) is 13.1 Å². The number of halogens is 1. The zero-order valence-electron chi connectivity index (χ0n) is 8.13. The van der Waals surface area contributed by atoms with E-state index in [1.807, 2.05) is 18.2 Å². The van der Waals surface area contributed by atoms with Crippen LogP contribution in [0.2, 0.25) is 5.02 Å².